The average Bonchev–Trinajstić information content (AvgIpc) is 3.02. The molecule has 0 unspecified atom stereocenters. The van der Waals surface area contributed by atoms with Crippen LogP contribution in [0.5, 0.6) is 0 Å². The lowest BCUT2D eigenvalue weighted by molar-refractivity contribution is 0.0669. The average molecular weight is 267 g/mol. The minimum atomic E-state index is 0.379. The van der Waals surface area contributed by atoms with Gasteiger partial charge in [0.15, 0.2) is 5.82 Å². The van der Waals surface area contributed by atoms with Crippen LogP contribution in [0.1, 0.15) is 51.2 Å². The topological polar surface area (TPSA) is 51.4 Å². The Morgan fingerprint density at radius 1 is 1.32 bits per heavy atom. The number of aryl methyl sites for hydroxylation is 1. The second kappa shape index (κ2) is 7.60. The number of nitrogens with zero attached hydrogens (tertiary/aromatic N) is 3. The summed E-state index contributed by atoms with van der Waals surface area (Å²) in [6.45, 7) is 7.98. The largest absolute Gasteiger partial charge is 0.377 e. The molecule has 2 heterocycles. The van der Waals surface area contributed by atoms with E-state index in [0.717, 1.165) is 57.2 Å². The molecule has 1 atom stereocenters. The van der Waals surface area contributed by atoms with E-state index in [0.29, 0.717) is 6.10 Å². The molecule has 5 heteroatoms. The SMILES string of the molecule is CCCc1noc(CN(CCC)C[C@H]2CCCO2)n1. The molecule has 0 saturated carbocycles. The molecule has 0 radical (unpaired) electrons. The van der Waals surface area contributed by atoms with E-state index in [9.17, 15) is 0 Å². The normalized spacial score (nSPS) is 19.4. The van der Waals surface area contributed by atoms with Crippen LogP contribution in [0.3, 0.4) is 0 Å². The fraction of sp³-hybridized carbons (Fsp3) is 0.857. The number of rotatable bonds is 8. The van der Waals surface area contributed by atoms with Gasteiger partial charge in [0.1, 0.15) is 0 Å². The summed E-state index contributed by atoms with van der Waals surface area (Å²) in [5.74, 6) is 1.56. The predicted octanol–water partition coefficient (Wildman–Crippen LogP) is 2.41. The number of hydrogen-bond donors (Lipinski definition) is 0. The first-order valence-corrected chi connectivity index (χ1v) is 7.47. The molecule has 0 aromatic carbocycles. The molecule has 1 aromatic rings. The summed E-state index contributed by atoms with van der Waals surface area (Å²) >= 11 is 0. The molecule has 108 valence electrons. The highest BCUT2D eigenvalue weighted by molar-refractivity contribution is 4.87. The van der Waals surface area contributed by atoms with Crippen LogP contribution in [-0.2, 0) is 17.7 Å². The van der Waals surface area contributed by atoms with Crippen LogP contribution in [0.2, 0.25) is 0 Å². The van der Waals surface area contributed by atoms with Crippen molar-refractivity contribution in [3.05, 3.63) is 11.7 Å². The van der Waals surface area contributed by atoms with E-state index < -0.39 is 0 Å². The van der Waals surface area contributed by atoms with Gasteiger partial charge in [-0.05, 0) is 32.2 Å². The third kappa shape index (κ3) is 4.58. The van der Waals surface area contributed by atoms with Crippen molar-refractivity contribution in [3.63, 3.8) is 0 Å². The molecule has 0 bridgehead atoms. The fourth-order valence-electron chi connectivity index (χ4n) is 2.50. The van der Waals surface area contributed by atoms with Crippen LogP contribution in [-0.4, -0.2) is 40.8 Å². The first kappa shape index (κ1) is 14.5. The molecule has 0 amide bonds. The summed E-state index contributed by atoms with van der Waals surface area (Å²) in [6, 6.07) is 0. The Labute approximate surface area is 115 Å². The van der Waals surface area contributed by atoms with Gasteiger partial charge in [-0.15, -0.1) is 0 Å². The van der Waals surface area contributed by atoms with Gasteiger partial charge in [0.05, 0.1) is 12.6 Å². The Kier molecular flexibility index (Phi) is 5.79. The number of hydrogen-bond acceptors (Lipinski definition) is 5. The Hall–Kier alpha value is -0.940. The Morgan fingerprint density at radius 2 is 2.21 bits per heavy atom. The van der Waals surface area contributed by atoms with Crippen LogP contribution in [0.15, 0.2) is 4.52 Å². The predicted molar refractivity (Wildman–Crippen MR) is 72.8 cm³/mol. The highest BCUT2D eigenvalue weighted by atomic mass is 16.5. The van der Waals surface area contributed by atoms with E-state index in [1.54, 1.807) is 0 Å². The van der Waals surface area contributed by atoms with Gasteiger partial charge in [0.25, 0.3) is 0 Å². The lowest BCUT2D eigenvalue weighted by Crippen LogP contribution is -2.32. The van der Waals surface area contributed by atoms with Crippen LogP contribution in [0.25, 0.3) is 0 Å². The zero-order chi connectivity index (χ0) is 13.5. The Morgan fingerprint density at radius 3 is 2.89 bits per heavy atom. The zero-order valence-corrected chi connectivity index (χ0v) is 12.1. The van der Waals surface area contributed by atoms with Crippen molar-refractivity contribution in [1.82, 2.24) is 15.0 Å². The first-order valence-electron chi connectivity index (χ1n) is 7.47. The fourth-order valence-corrected chi connectivity index (χ4v) is 2.50. The summed E-state index contributed by atoms with van der Waals surface area (Å²) in [5, 5.41) is 4.01. The van der Waals surface area contributed by atoms with Gasteiger partial charge in [-0.25, -0.2) is 0 Å². The summed E-state index contributed by atoms with van der Waals surface area (Å²) in [7, 11) is 0. The van der Waals surface area contributed by atoms with Gasteiger partial charge in [-0.2, -0.15) is 4.98 Å². The van der Waals surface area contributed by atoms with Crippen LogP contribution in [0, 0.1) is 0 Å². The minimum absolute atomic E-state index is 0.379. The maximum Gasteiger partial charge on any atom is 0.240 e. The third-order valence-electron chi connectivity index (χ3n) is 3.37. The van der Waals surface area contributed by atoms with Gasteiger partial charge in [0, 0.05) is 19.6 Å². The van der Waals surface area contributed by atoms with Crippen molar-refractivity contribution in [3.8, 4) is 0 Å². The third-order valence-corrected chi connectivity index (χ3v) is 3.37. The molecule has 1 aliphatic heterocycles. The molecule has 0 spiro atoms. The summed E-state index contributed by atoms with van der Waals surface area (Å²) in [5.41, 5.74) is 0. The monoisotopic (exact) mass is 267 g/mol. The Balaban J connectivity index is 1.86. The molecule has 0 N–H and O–H groups in total. The van der Waals surface area contributed by atoms with E-state index in [2.05, 4.69) is 28.9 Å². The zero-order valence-electron chi connectivity index (χ0n) is 12.1. The molecule has 1 saturated heterocycles. The molecule has 2 rings (SSSR count). The van der Waals surface area contributed by atoms with Crippen LogP contribution >= 0.6 is 0 Å². The molecular weight excluding hydrogens is 242 g/mol. The van der Waals surface area contributed by atoms with E-state index in [1.165, 1.54) is 12.8 Å². The second-order valence-electron chi connectivity index (χ2n) is 5.22. The van der Waals surface area contributed by atoms with E-state index in [1.807, 2.05) is 0 Å². The van der Waals surface area contributed by atoms with E-state index in [-0.39, 0.29) is 0 Å². The highest BCUT2D eigenvalue weighted by Gasteiger charge is 2.20. The van der Waals surface area contributed by atoms with E-state index in [4.69, 9.17) is 9.26 Å². The first-order chi connectivity index (χ1) is 9.31. The van der Waals surface area contributed by atoms with Gasteiger partial charge < -0.3 is 9.26 Å². The summed E-state index contributed by atoms with van der Waals surface area (Å²) < 4.78 is 11.0. The lowest BCUT2D eigenvalue weighted by atomic mass is 10.2. The van der Waals surface area contributed by atoms with Gasteiger partial charge >= 0.3 is 0 Å². The van der Waals surface area contributed by atoms with Crippen LogP contribution < -0.4 is 0 Å². The van der Waals surface area contributed by atoms with Crippen molar-refractivity contribution in [2.45, 2.75) is 58.6 Å². The lowest BCUT2D eigenvalue weighted by Gasteiger charge is -2.22. The van der Waals surface area contributed by atoms with Gasteiger partial charge in [-0.3, -0.25) is 4.90 Å². The van der Waals surface area contributed by atoms with Crippen molar-refractivity contribution in [2.24, 2.45) is 0 Å². The quantitative estimate of drug-likeness (QED) is 0.724. The molecule has 1 fully saturated rings. The van der Waals surface area contributed by atoms with Crippen molar-refractivity contribution >= 4 is 0 Å². The molecular formula is C14H25N3O2. The van der Waals surface area contributed by atoms with Crippen molar-refractivity contribution in [1.29, 1.82) is 0 Å². The van der Waals surface area contributed by atoms with Gasteiger partial charge in [-0.1, -0.05) is 19.0 Å². The van der Waals surface area contributed by atoms with Crippen molar-refractivity contribution < 1.29 is 9.26 Å². The molecule has 5 nitrogen and oxygen atoms in total. The smallest absolute Gasteiger partial charge is 0.240 e. The highest BCUT2D eigenvalue weighted by Crippen LogP contribution is 2.15. The molecule has 1 aliphatic rings. The van der Waals surface area contributed by atoms with Crippen LogP contribution in [0.4, 0.5) is 0 Å². The van der Waals surface area contributed by atoms with E-state index >= 15 is 0 Å². The molecule has 0 aliphatic carbocycles. The van der Waals surface area contributed by atoms with Gasteiger partial charge in [0.2, 0.25) is 5.89 Å². The van der Waals surface area contributed by atoms with Crippen molar-refractivity contribution in [2.75, 3.05) is 19.7 Å². The second-order valence-corrected chi connectivity index (χ2v) is 5.22. The summed E-state index contributed by atoms with van der Waals surface area (Å²) in [6.07, 6.45) is 5.81. The number of ether oxygens (including phenoxy) is 1. The summed E-state index contributed by atoms with van der Waals surface area (Å²) in [4.78, 5) is 6.80. The maximum atomic E-state index is 5.70. The molecule has 19 heavy (non-hydrogen) atoms. The Bertz CT molecular complexity index is 361. The maximum absolute atomic E-state index is 5.70. The minimum Gasteiger partial charge on any atom is -0.377 e. The molecule has 1 aromatic heterocycles. The number of aromatic nitrogens is 2. The standard InChI is InChI=1S/C14H25N3O2/c1-3-6-13-15-14(19-16-13)11-17(8-4-2)10-12-7-5-9-18-12/h12H,3-11H2,1-2H3/t12-/m1/s1.